The van der Waals surface area contributed by atoms with Gasteiger partial charge in [-0.05, 0) is 58.4 Å². The lowest BCUT2D eigenvalue weighted by atomic mass is 9.70. The summed E-state index contributed by atoms with van der Waals surface area (Å²) in [6.07, 6.45) is 4.82. The summed E-state index contributed by atoms with van der Waals surface area (Å²) in [6, 6.07) is 7.75. The molecule has 1 spiro atoms. The van der Waals surface area contributed by atoms with Crippen molar-refractivity contribution in [2.75, 3.05) is 26.7 Å². The van der Waals surface area contributed by atoms with Crippen LogP contribution in [-0.4, -0.2) is 100 Å². The van der Waals surface area contributed by atoms with E-state index in [1.165, 1.54) is 0 Å². The summed E-state index contributed by atoms with van der Waals surface area (Å²) in [5.41, 5.74) is -0.421. The summed E-state index contributed by atoms with van der Waals surface area (Å²) in [4.78, 5) is 60.5. The van der Waals surface area contributed by atoms with E-state index in [0.29, 0.717) is 38.6 Å². The lowest BCUT2D eigenvalue weighted by molar-refractivity contribution is -0.164. The fourth-order valence-electron chi connectivity index (χ4n) is 7.31. The van der Waals surface area contributed by atoms with E-state index in [1.807, 2.05) is 51.1 Å². The Morgan fingerprint density at radius 2 is 1.87 bits per heavy atom. The van der Waals surface area contributed by atoms with Crippen molar-refractivity contribution in [3.8, 4) is 0 Å². The van der Waals surface area contributed by atoms with Gasteiger partial charge in [-0.15, -0.1) is 13.2 Å². The van der Waals surface area contributed by atoms with Crippen LogP contribution in [0.15, 0.2) is 55.6 Å². The van der Waals surface area contributed by atoms with Gasteiger partial charge in [0.2, 0.25) is 17.7 Å². The Bertz CT molecular complexity index is 1250. The van der Waals surface area contributed by atoms with Gasteiger partial charge in [0.1, 0.15) is 17.7 Å². The normalized spacial score (nSPS) is 26.4. The first-order valence-electron chi connectivity index (χ1n) is 16.2. The number of nitrogens with zero attached hydrogens (tertiary/aromatic N) is 3. The van der Waals surface area contributed by atoms with Gasteiger partial charge in [-0.25, -0.2) is 0 Å². The van der Waals surface area contributed by atoms with E-state index in [2.05, 4.69) is 13.2 Å². The number of carbonyl (C=O) groups excluding carboxylic acids is 4. The molecular formula is C35H49N3O7. The molecule has 0 aromatic heterocycles. The standard InChI is InChI=1S/C35H49N3O7/c1-7-9-17-27(40)36(6)24(5)30(25-15-11-10-12-16-25)44-34(43)28-26-18-19-35(45-26)29(28)32(41)38(21-13-14-22-39)31(35)33(42)37(20-8-2)23(3)4/h7-8,10-12,15-16,23-24,26,28-31,39H,1-2,9,13-14,17-22H2,3-6H3/t24-,26-,28+,29+,30+,31-,35+/m1/s1. The monoisotopic (exact) mass is 623 g/mol. The molecule has 3 amide bonds. The zero-order valence-corrected chi connectivity index (χ0v) is 27.1. The van der Waals surface area contributed by atoms with Crippen LogP contribution in [0.3, 0.4) is 0 Å². The molecule has 3 aliphatic heterocycles. The molecule has 3 saturated heterocycles. The van der Waals surface area contributed by atoms with E-state index in [4.69, 9.17) is 9.47 Å². The first kappa shape index (κ1) is 34.4. The first-order chi connectivity index (χ1) is 21.5. The molecule has 45 heavy (non-hydrogen) atoms. The van der Waals surface area contributed by atoms with Gasteiger partial charge in [-0.3, -0.25) is 19.2 Å². The number of fused-ring (bicyclic) bond motifs is 1. The molecule has 0 unspecified atom stereocenters. The zero-order chi connectivity index (χ0) is 32.9. The summed E-state index contributed by atoms with van der Waals surface area (Å²) in [7, 11) is 1.69. The molecule has 3 aliphatic rings. The molecule has 7 atom stereocenters. The second kappa shape index (κ2) is 14.7. The maximum absolute atomic E-state index is 14.3. The molecule has 10 nitrogen and oxygen atoms in total. The minimum Gasteiger partial charge on any atom is -0.455 e. The van der Waals surface area contributed by atoms with E-state index in [-0.39, 0.29) is 43.3 Å². The number of amides is 3. The molecule has 4 rings (SSSR count). The second-order valence-corrected chi connectivity index (χ2v) is 12.7. The number of likely N-dealkylation sites (N-methyl/N-ethyl adjacent to an activating group) is 1. The Hall–Kier alpha value is -3.50. The molecule has 2 bridgehead atoms. The van der Waals surface area contributed by atoms with Crippen LogP contribution in [0.5, 0.6) is 0 Å². The Labute approximate surface area is 267 Å². The summed E-state index contributed by atoms with van der Waals surface area (Å²) in [5, 5.41) is 9.43. The number of hydrogen-bond donors (Lipinski definition) is 1. The summed E-state index contributed by atoms with van der Waals surface area (Å²) >= 11 is 0. The SMILES string of the molecule is C=CCCC(=O)N(C)[C@H](C)[C@H](OC(=O)[C@@H]1[C@H]2C(=O)N(CCCCO)[C@H](C(=O)N(CC=C)C(C)C)[C@]23CC[C@H]1O3)c1ccccc1. The van der Waals surface area contributed by atoms with Crippen molar-refractivity contribution in [1.29, 1.82) is 0 Å². The van der Waals surface area contributed by atoms with E-state index >= 15 is 0 Å². The lowest BCUT2D eigenvalue weighted by Gasteiger charge is -2.38. The average molecular weight is 624 g/mol. The summed E-state index contributed by atoms with van der Waals surface area (Å²) < 4.78 is 12.9. The predicted molar refractivity (Wildman–Crippen MR) is 170 cm³/mol. The van der Waals surface area contributed by atoms with E-state index in [0.717, 1.165) is 5.56 Å². The molecule has 3 fully saturated rings. The van der Waals surface area contributed by atoms with Crippen molar-refractivity contribution < 1.29 is 33.8 Å². The minimum atomic E-state index is -1.15. The number of carbonyl (C=O) groups is 4. The van der Waals surface area contributed by atoms with Crippen molar-refractivity contribution in [3.05, 3.63) is 61.2 Å². The van der Waals surface area contributed by atoms with Crippen molar-refractivity contribution in [3.63, 3.8) is 0 Å². The minimum absolute atomic E-state index is 0.0269. The number of unbranched alkanes of at least 4 members (excludes halogenated alkanes) is 1. The van der Waals surface area contributed by atoms with Gasteiger partial charge in [-0.1, -0.05) is 42.5 Å². The van der Waals surface area contributed by atoms with Crippen LogP contribution < -0.4 is 0 Å². The fourth-order valence-corrected chi connectivity index (χ4v) is 7.31. The largest absolute Gasteiger partial charge is 0.455 e. The highest BCUT2D eigenvalue weighted by Gasteiger charge is 2.75. The average Bonchev–Trinajstić information content (AvgIpc) is 3.68. The lowest BCUT2D eigenvalue weighted by Crippen LogP contribution is -2.57. The third kappa shape index (κ3) is 6.58. The van der Waals surface area contributed by atoms with Gasteiger partial charge in [-0.2, -0.15) is 0 Å². The highest BCUT2D eigenvalue weighted by molar-refractivity contribution is 5.98. The van der Waals surface area contributed by atoms with Crippen LogP contribution in [0, 0.1) is 11.8 Å². The summed E-state index contributed by atoms with van der Waals surface area (Å²) in [6.45, 7) is 13.8. The Kier molecular flexibility index (Phi) is 11.3. The highest BCUT2D eigenvalue weighted by Crippen LogP contribution is 2.59. The molecule has 10 heteroatoms. The number of likely N-dealkylation sites (tertiary alicyclic amines) is 1. The molecule has 1 aromatic rings. The number of aliphatic hydroxyl groups excluding tert-OH is 1. The highest BCUT2D eigenvalue weighted by atomic mass is 16.6. The summed E-state index contributed by atoms with van der Waals surface area (Å²) in [5.74, 6) is -2.95. The van der Waals surface area contributed by atoms with Crippen LogP contribution in [0.2, 0.25) is 0 Å². The van der Waals surface area contributed by atoms with Crippen LogP contribution >= 0.6 is 0 Å². The number of aliphatic hydroxyl groups is 1. The van der Waals surface area contributed by atoms with Crippen molar-refractivity contribution in [2.45, 2.75) is 95.2 Å². The van der Waals surface area contributed by atoms with Crippen LogP contribution in [0.1, 0.15) is 71.0 Å². The van der Waals surface area contributed by atoms with Crippen LogP contribution in [0.4, 0.5) is 0 Å². The molecule has 1 aromatic carbocycles. The fraction of sp³-hybridized carbons (Fsp3) is 0.600. The molecule has 0 aliphatic carbocycles. The van der Waals surface area contributed by atoms with E-state index in [1.54, 1.807) is 33.9 Å². The molecule has 1 N–H and O–H groups in total. The zero-order valence-electron chi connectivity index (χ0n) is 27.1. The molecule has 246 valence electrons. The van der Waals surface area contributed by atoms with Gasteiger partial charge >= 0.3 is 5.97 Å². The number of ether oxygens (including phenoxy) is 2. The van der Waals surface area contributed by atoms with Crippen molar-refractivity contribution in [1.82, 2.24) is 14.7 Å². The molecule has 0 saturated carbocycles. The Balaban J connectivity index is 1.67. The van der Waals surface area contributed by atoms with Crippen molar-refractivity contribution in [2.24, 2.45) is 11.8 Å². The van der Waals surface area contributed by atoms with Gasteiger partial charge in [0.25, 0.3) is 0 Å². The predicted octanol–water partition coefficient (Wildman–Crippen LogP) is 3.65. The number of rotatable bonds is 16. The quantitative estimate of drug-likeness (QED) is 0.170. The number of hydrogen-bond acceptors (Lipinski definition) is 7. The van der Waals surface area contributed by atoms with Gasteiger partial charge in [0.05, 0.1) is 24.0 Å². The smallest absolute Gasteiger partial charge is 0.313 e. The van der Waals surface area contributed by atoms with Crippen molar-refractivity contribution >= 4 is 23.7 Å². The number of benzene rings is 1. The maximum atomic E-state index is 14.3. The second-order valence-electron chi connectivity index (χ2n) is 12.7. The molecular weight excluding hydrogens is 574 g/mol. The number of esters is 1. The van der Waals surface area contributed by atoms with Gasteiger partial charge in [0, 0.05) is 39.2 Å². The molecule has 0 radical (unpaired) electrons. The third-order valence-corrected chi connectivity index (χ3v) is 9.72. The molecule has 3 heterocycles. The Morgan fingerprint density at radius 1 is 1.16 bits per heavy atom. The third-order valence-electron chi connectivity index (χ3n) is 9.72. The number of allylic oxidation sites excluding steroid dienone is 1. The van der Waals surface area contributed by atoms with Crippen LogP contribution in [0.25, 0.3) is 0 Å². The van der Waals surface area contributed by atoms with E-state index in [9.17, 15) is 24.3 Å². The van der Waals surface area contributed by atoms with Gasteiger partial charge < -0.3 is 29.3 Å². The maximum Gasteiger partial charge on any atom is 0.313 e. The Morgan fingerprint density at radius 3 is 2.49 bits per heavy atom. The van der Waals surface area contributed by atoms with Crippen LogP contribution in [-0.2, 0) is 28.7 Å². The van der Waals surface area contributed by atoms with E-state index < -0.39 is 47.7 Å². The first-order valence-corrected chi connectivity index (χ1v) is 16.2. The van der Waals surface area contributed by atoms with Gasteiger partial charge in [0.15, 0.2) is 0 Å². The topological polar surface area (TPSA) is 117 Å².